The molecule has 4 rings (SSSR count). The van der Waals surface area contributed by atoms with Crippen molar-refractivity contribution in [1.29, 1.82) is 0 Å². The molecule has 0 saturated carbocycles. The first kappa shape index (κ1) is 28.3. The molecule has 0 saturated heterocycles. The summed E-state index contributed by atoms with van der Waals surface area (Å²) in [6.07, 6.45) is -0.153. The van der Waals surface area contributed by atoms with E-state index < -0.39 is 12.1 Å². The number of para-hydroxylation sites is 1. The number of aromatic hydroxyl groups is 2. The van der Waals surface area contributed by atoms with E-state index in [0.717, 1.165) is 17.7 Å². The minimum atomic E-state index is -1.11. The molecule has 0 spiro atoms. The lowest BCUT2D eigenvalue weighted by Gasteiger charge is -2.29. The highest BCUT2D eigenvalue weighted by Gasteiger charge is 2.26. The Morgan fingerprint density at radius 2 is 1.82 bits per heavy atom. The Bertz CT molecular complexity index is 1270. The van der Waals surface area contributed by atoms with Gasteiger partial charge in [0.2, 0.25) is 0 Å². The lowest BCUT2D eigenvalue weighted by atomic mass is 9.94. The van der Waals surface area contributed by atoms with Crippen LogP contribution >= 0.6 is 0 Å². The van der Waals surface area contributed by atoms with E-state index in [2.05, 4.69) is 24.5 Å². The molecule has 1 aliphatic rings. The van der Waals surface area contributed by atoms with Gasteiger partial charge >= 0.3 is 5.97 Å². The second-order valence-electron chi connectivity index (χ2n) is 9.38. The van der Waals surface area contributed by atoms with Gasteiger partial charge in [-0.1, -0.05) is 24.3 Å². The molecule has 10 heteroatoms. The zero-order chi connectivity index (χ0) is 27.9. The molecular weight excluding hydrogens is 492 g/mol. The maximum Gasteiger partial charge on any atom is 0.339 e. The van der Waals surface area contributed by atoms with Crippen LogP contribution in [0.15, 0.2) is 60.7 Å². The number of anilines is 1. The fraction of sp³-hybridized carbons (Fsp3) is 0.286. The highest BCUT2D eigenvalue weighted by atomic mass is 16.5. The molecular formula is C28H32N2O8. The fourth-order valence-corrected chi connectivity index (χ4v) is 3.91. The molecule has 0 aliphatic carbocycles. The Hall–Kier alpha value is -4.28. The highest BCUT2D eigenvalue weighted by molar-refractivity contribution is 5.96. The minimum Gasteiger partial charge on any atom is -0.508 e. The van der Waals surface area contributed by atoms with Gasteiger partial charge in [-0.2, -0.15) is 0 Å². The number of aliphatic hydroxyl groups excluding tert-OH is 1. The summed E-state index contributed by atoms with van der Waals surface area (Å²) in [6.45, 7) is 4.25. The van der Waals surface area contributed by atoms with Gasteiger partial charge in [-0.05, 0) is 56.2 Å². The predicted molar refractivity (Wildman–Crippen MR) is 141 cm³/mol. The Morgan fingerprint density at radius 1 is 1.13 bits per heavy atom. The minimum absolute atomic E-state index is 0.0453. The summed E-state index contributed by atoms with van der Waals surface area (Å²) in [6, 6.07) is 16.5. The summed E-state index contributed by atoms with van der Waals surface area (Å²) in [5, 5.41) is 43.9. The monoisotopic (exact) mass is 524 g/mol. The molecule has 6 N–H and O–H groups in total. The molecule has 3 aromatic rings. The van der Waals surface area contributed by atoms with Gasteiger partial charge in [0.1, 0.15) is 28.6 Å². The SMILES string of the molecule is COc1ccc(CC(C)(C)NC[C@H](O)c2cc(O)cc3c2OCC(=O)N3)cc1.O=C(O)c1ccccc1O. The molecule has 3 aromatic carbocycles. The Kier molecular flexibility index (Phi) is 9.16. The van der Waals surface area contributed by atoms with E-state index >= 15 is 0 Å². The van der Waals surface area contributed by atoms with Gasteiger partial charge in [0.25, 0.3) is 5.91 Å². The number of hydrogen-bond acceptors (Lipinski definition) is 8. The van der Waals surface area contributed by atoms with Gasteiger partial charge in [0.05, 0.1) is 18.9 Å². The van der Waals surface area contributed by atoms with Crippen LogP contribution < -0.4 is 20.1 Å². The van der Waals surface area contributed by atoms with Gasteiger partial charge in [-0.3, -0.25) is 4.79 Å². The van der Waals surface area contributed by atoms with E-state index in [-0.39, 0.29) is 41.7 Å². The third-order valence-electron chi connectivity index (χ3n) is 5.80. The first-order valence-corrected chi connectivity index (χ1v) is 11.9. The molecule has 1 heterocycles. The smallest absolute Gasteiger partial charge is 0.339 e. The summed E-state index contributed by atoms with van der Waals surface area (Å²) in [7, 11) is 1.64. The van der Waals surface area contributed by atoms with Crippen LogP contribution in [0, 0.1) is 0 Å². The quantitative estimate of drug-likeness (QED) is 0.260. The largest absolute Gasteiger partial charge is 0.508 e. The van der Waals surface area contributed by atoms with Gasteiger partial charge in [-0.25, -0.2) is 4.79 Å². The molecule has 38 heavy (non-hydrogen) atoms. The molecule has 0 unspecified atom stereocenters. The van der Waals surface area contributed by atoms with E-state index in [1.54, 1.807) is 19.2 Å². The van der Waals surface area contributed by atoms with Crippen LogP contribution in [0.5, 0.6) is 23.0 Å². The number of rotatable bonds is 8. The number of carbonyl (C=O) groups is 2. The van der Waals surface area contributed by atoms with E-state index in [1.807, 2.05) is 24.3 Å². The van der Waals surface area contributed by atoms with Gasteiger partial charge < -0.3 is 40.5 Å². The number of phenolic OH excluding ortho intramolecular Hbond substituents is 1. The fourth-order valence-electron chi connectivity index (χ4n) is 3.91. The van der Waals surface area contributed by atoms with Crippen molar-refractivity contribution in [2.75, 3.05) is 25.6 Å². The van der Waals surface area contributed by atoms with Crippen LogP contribution in [-0.2, 0) is 11.2 Å². The lowest BCUT2D eigenvalue weighted by molar-refractivity contribution is -0.118. The number of methoxy groups -OCH3 is 1. The van der Waals surface area contributed by atoms with Gasteiger partial charge in [-0.15, -0.1) is 0 Å². The van der Waals surface area contributed by atoms with Crippen molar-refractivity contribution in [2.24, 2.45) is 0 Å². The topological polar surface area (TPSA) is 158 Å². The summed E-state index contributed by atoms with van der Waals surface area (Å²) >= 11 is 0. The van der Waals surface area contributed by atoms with Crippen molar-refractivity contribution < 1.29 is 39.5 Å². The standard InChI is InChI=1S/C21H26N2O5.C7H6O3/c1-21(2,10-13-4-6-15(27-3)7-5-13)22-11-18(25)16-8-14(24)9-17-20(16)28-12-19(26)23-17;8-6-4-2-1-3-5(6)7(9)10/h4-9,18,22,24-25H,10-12H2,1-3H3,(H,23,26);1-4,8H,(H,9,10)/t18-;/m0./s1. The lowest BCUT2D eigenvalue weighted by Crippen LogP contribution is -2.43. The van der Waals surface area contributed by atoms with E-state index in [4.69, 9.17) is 19.7 Å². The highest BCUT2D eigenvalue weighted by Crippen LogP contribution is 2.38. The molecule has 0 radical (unpaired) electrons. The average molecular weight is 525 g/mol. The Morgan fingerprint density at radius 3 is 2.42 bits per heavy atom. The van der Waals surface area contributed by atoms with Crippen LogP contribution in [0.25, 0.3) is 0 Å². The van der Waals surface area contributed by atoms with Crippen molar-refractivity contribution in [2.45, 2.75) is 31.9 Å². The van der Waals surface area contributed by atoms with E-state index in [1.165, 1.54) is 24.3 Å². The molecule has 0 fully saturated rings. The number of aliphatic hydroxyl groups is 1. The number of carboxylic acids is 1. The zero-order valence-electron chi connectivity index (χ0n) is 21.4. The number of ether oxygens (including phenoxy) is 2. The second kappa shape index (κ2) is 12.3. The van der Waals surface area contributed by atoms with E-state index in [0.29, 0.717) is 17.0 Å². The third-order valence-corrected chi connectivity index (χ3v) is 5.80. The van der Waals surface area contributed by atoms with Crippen molar-refractivity contribution >= 4 is 17.6 Å². The normalized spacial score (nSPS) is 13.2. The number of aromatic carboxylic acids is 1. The van der Waals surface area contributed by atoms with Crippen molar-refractivity contribution in [3.05, 3.63) is 77.4 Å². The molecule has 10 nitrogen and oxygen atoms in total. The number of nitrogens with one attached hydrogen (secondary N) is 2. The van der Waals surface area contributed by atoms with Gasteiger partial charge in [0, 0.05) is 23.7 Å². The first-order valence-electron chi connectivity index (χ1n) is 11.9. The summed E-state index contributed by atoms with van der Waals surface area (Å²) < 4.78 is 10.7. The predicted octanol–water partition coefficient (Wildman–Crippen LogP) is 3.47. The maximum atomic E-state index is 11.5. The molecule has 1 amide bonds. The number of benzene rings is 3. The number of β-amino-alcohol motifs (C(OH)–C–C–N with tert-alkyl or cyclic N) is 1. The van der Waals surface area contributed by atoms with Crippen LogP contribution in [0.4, 0.5) is 5.69 Å². The molecule has 0 bridgehead atoms. The van der Waals surface area contributed by atoms with Gasteiger partial charge in [0.15, 0.2) is 6.61 Å². The maximum absolute atomic E-state index is 11.5. The number of phenols is 2. The van der Waals surface area contributed by atoms with Crippen molar-refractivity contribution in [1.82, 2.24) is 5.32 Å². The Balaban J connectivity index is 0.000000336. The van der Waals surface area contributed by atoms with Crippen molar-refractivity contribution in [3.63, 3.8) is 0 Å². The van der Waals surface area contributed by atoms with Crippen LogP contribution in [0.1, 0.15) is 41.4 Å². The number of fused-ring (bicyclic) bond motifs is 1. The summed E-state index contributed by atoms with van der Waals surface area (Å²) in [5.41, 5.74) is 1.60. The van der Waals surface area contributed by atoms with Crippen LogP contribution in [0.2, 0.25) is 0 Å². The number of hydrogen-bond donors (Lipinski definition) is 6. The van der Waals surface area contributed by atoms with E-state index in [9.17, 15) is 19.8 Å². The molecule has 1 atom stereocenters. The Labute approximate surface area is 220 Å². The average Bonchev–Trinajstić information content (AvgIpc) is 2.87. The zero-order valence-corrected chi connectivity index (χ0v) is 21.4. The molecule has 1 aliphatic heterocycles. The van der Waals surface area contributed by atoms with Crippen LogP contribution in [0.3, 0.4) is 0 Å². The number of carboxylic acid groups (broad SMARTS) is 1. The molecule has 202 valence electrons. The number of carbonyl (C=O) groups excluding carboxylic acids is 1. The van der Waals surface area contributed by atoms with Crippen molar-refractivity contribution in [3.8, 4) is 23.0 Å². The second-order valence-corrected chi connectivity index (χ2v) is 9.38. The first-order chi connectivity index (χ1) is 18.0. The summed E-state index contributed by atoms with van der Waals surface area (Å²) in [4.78, 5) is 21.8. The third kappa shape index (κ3) is 7.61. The molecule has 0 aromatic heterocycles. The van der Waals surface area contributed by atoms with Crippen LogP contribution in [-0.4, -0.2) is 58.1 Å². The summed E-state index contributed by atoms with van der Waals surface area (Å²) in [5.74, 6) is -0.452. The number of amides is 1.